The molecule has 0 aromatic carbocycles. The Labute approximate surface area is 315 Å². The number of amides is 1. The average Bonchev–Trinajstić information content (AvgIpc) is 3.12. The summed E-state index contributed by atoms with van der Waals surface area (Å²) < 4.78 is 5.86. The van der Waals surface area contributed by atoms with E-state index < -0.39 is 18.2 Å². The number of carbonyl (C=O) groups excluding carboxylic acids is 2. The summed E-state index contributed by atoms with van der Waals surface area (Å²) in [4.78, 5) is 25.8. The van der Waals surface area contributed by atoms with Crippen molar-refractivity contribution in [1.29, 1.82) is 0 Å². The lowest BCUT2D eigenvalue weighted by Gasteiger charge is -2.24. The minimum absolute atomic E-state index is 0.0738. The molecule has 1 amide bonds. The molecule has 3 N–H and O–H groups in total. The highest BCUT2D eigenvalue weighted by Crippen LogP contribution is 2.17. The number of hydrogen-bond donors (Lipinski definition) is 3. The van der Waals surface area contributed by atoms with Crippen LogP contribution in [0, 0.1) is 0 Å². The van der Waals surface area contributed by atoms with Crippen LogP contribution in [0.2, 0.25) is 0 Å². The van der Waals surface area contributed by atoms with Crippen molar-refractivity contribution in [2.24, 2.45) is 0 Å². The van der Waals surface area contributed by atoms with Gasteiger partial charge in [-0.25, -0.2) is 0 Å². The predicted molar refractivity (Wildman–Crippen MR) is 218 cm³/mol. The molecule has 0 rings (SSSR count). The van der Waals surface area contributed by atoms with Gasteiger partial charge in [0.05, 0.1) is 25.2 Å². The number of ether oxygens (including phenoxy) is 1. The van der Waals surface area contributed by atoms with Gasteiger partial charge >= 0.3 is 5.97 Å². The van der Waals surface area contributed by atoms with Crippen LogP contribution in [0.4, 0.5) is 0 Å². The maximum Gasteiger partial charge on any atom is 0.306 e. The van der Waals surface area contributed by atoms with Gasteiger partial charge in [0, 0.05) is 6.42 Å². The second-order valence-corrected chi connectivity index (χ2v) is 14.8. The summed E-state index contributed by atoms with van der Waals surface area (Å²) in [5.74, 6) is -0.491. The van der Waals surface area contributed by atoms with Crippen LogP contribution in [-0.4, -0.2) is 46.9 Å². The predicted octanol–water partition coefficient (Wildman–Crippen LogP) is 12.2. The SMILES string of the molecule is CC/C=C/C=C/C=C/CCCCCCCCCC(=O)OC(CCCCCCCCC)CC(=O)NC(CO)C(O)CCCCCCCCCCCC. The molecule has 0 aliphatic rings. The zero-order chi connectivity index (χ0) is 37.5. The minimum Gasteiger partial charge on any atom is -0.462 e. The molecule has 0 aromatic rings. The number of carbonyl (C=O) groups is 2. The Morgan fingerprint density at radius 1 is 0.588 bits per heavy atom. The van der Waals surface area contributed by atoms with Crippen molar-refractivity contribution in [2.45, 2.75) is 232 Å². The molecule has 0 saturated carbocycles. The summed E-state index contributed by atoms with van der Waals surface area (Å²) in [6.45, 7) is 6.29. The number of aliphatic hydroxyl groups is 2. The van der Waals surface area contributed by atoms with Crippen LogP contribution in [0.15, 0.2) is 36.5 Å². The van der Waals surface area contributed by atoms with Crippen molar-refractivity contribution in [1.82, 2.24) is 5.32 Å². The third-order valence-electron chi connectivity index (χ3n) is 9.79. The van der Waals surface area contributed by atoms with Gasteiger partial charge in [0.25, 0.3) is 0 Å². The van der Waals surface area contributed by atoms with Crippen LogP contribution >= 0.6 is 0 Å². The van der Waals surface area contributed by atoms with E-state index in [9.17, 15) is 19.8 Å². The van der Waals surface area contributed by atoms with Crippen LogP contribution < -0.4 is 5.32 Å². The highest BCUT2D eigenvalue weighted by Gasteiger charge is 2.24. The lowest BCUT2D eigenvalue weighted by molar-refractivity contribution is -0.151. The fourth-order valence-corrected chi connectivity index (χ4v) is 6.49. The van der Waals surface area contributed by atoms with E-state index in [-0.39, 0.29) is 24.9 Å². The van der Waals surface area contributed by atoms with E-state index in [4.69, 9.17) is 4.74 Å². The van der Waals surface area contributed by atoms with Crippen molar-refractivity contribution in [3.8, 4) is 0 Å². The van der Waals surface area contributed by atoms with Crippen LogP contribution in [0.3, 0.4) is 0 Å². The first-order valence-corrected chi connectivity index (χ1v) is 21.7. The highest BCUT2D eigenvalue weighted by atomic mass is 16.5. The molecule has 0 radical (unpaired) electrons. The molecule has 3 atom stereocenters. The standard InChI is InChI=1S/C45H83NO5/c1-4-7-10-13-16-18-20-21-22-23-24-26-29-32-35-38-45(50)51-41(36-33-30-27-15-12-9-6-3)39-44(49)46-42(40-47)43(48)37-34-31-28-25-19-17-14-11-8-5-2/h7,10,13,16,18,20,41-43,47-48H,4-6,8-9,11-12,14-15,17,19,21-40H2,1-3H3,(H,46,49)/b10-7+,16-13+,20-18+. The quantitative estimate of drug-likeness (QED) is 0.0336. The van der Waals surface area contributed by atoms with Crippen molar-refractivity contribution in [2.75, 3.05) is 6.61 Å². The number of nitrogens with one attached hydrogen (secondary N) is 1. The highest BCUT2D eigenvalue weighted by molar-refractivity contribution is 5.77. The summed E-state index contributed by atoms with van der Waals surface area (Å²) in [6.07, 6.45) is 43.5. The van der Waals surface area contributed by atoms with Gasteiger partial charge in [-0.2, -0.15) is 0 Å². The van der Waals surface area contributed by atoms with Gasteiger partial charge in [0.15, 0.2) is 0 Å². The third-order valence-corrected chi connectivity index (χ3v) is 9.79. The van der Waals surface area contributed by atoms with Crippen molar-refractivity contribution >= 4 is 11.9 Å². The van der Waals surface area contributed by atoms with Gasteiger partial charge in [-0.05, 0) is 44.9 Å². The van der Waals surface area contributed by atoms with Crippen molar-refractivity contribution in [3.05, 3.63) is 36.5 Å². The van der Waals surface area contributed by atoms with Crippen LogP contribution in [0.1, 0.15) is 213 Å². The van der Waals surface area contributed by atoms with E-state index >= 15 is 0 Å². The summed E-state index contributed by atoms with van der Waals surface area (Å²) in [5, 5.41) is 23.5. The second-order valence-electron chi connectivity index (χ2n) is 14.8. The molecule has 298 valence electrons. The third kappa shape index (κ3) is 34.9. The largest absolute Gasteiger partial charge is 0.462 e. The molecule has 0 aliphatic heterocycles. The summed E-state index contributed by atoms with van der Waals surface area (Å²) >= 11 is 0. The molecule has 0 heterocycles. The first-order valence-electron chi connectivity index (χ1n) is 21.7. The van der Waals surface area contributed by atoms with Crippen LogP contribution in [-0.2, 0) is 14.3 Å². The summed E-state index contributed by atoms with van der Waals surface area (Å²) in [5.41, 5.74) is 0. The topological polar surface area (TPSA) is 95.9 Å². The minimum atomic E-state index is -0.783. The zero-order valence-electron chi connectivity index (χ0n) is 33.7. The Morgan fingerprint density at radius 3 is 1.59 bits per heavy atom. The Hall–Kier alpha value is -1.92. The molecule has 0 saturated heterocycles. The van der Waals surface area contributed by atoms with Gasteiger partial charge in [0.2, 0.25) is 5.91 Å². The lowest BCUT2D eigenvalue weighted by atomic mass is 10.0. The fourth-order valence-electron chi connectivity index (χ4n) is 6.49. The fraction of sp³-hybridized carbons (Fsp3) is 0.822. The number of allylic oxidation sites excluding steroid dienone is 6. The Bertz CT molecular complexity index is 854. The lowest BCUT2D eigenvalue weighted by Crippen LogP contribution is -2.46. The number of hydrogen-bond acceptors (Lipinski definition) is 5. The molecular formula is C45H83NO5. The van der Waals surface area contributed by atoms with Gasteiger partial charge in [-0.15, -0.1) is 0 Å². The monoisotopic (exact) mass is 718 g/mol. The molecule has 6 nitrogen and oxygen atoms in total. The average molecular weight is 718 g/mol. The number of aliphatic hydroxyl groups excluding tert-OH is 2. The molecule has 0 bridgehead atoms. The molecule has 6 heteroatoms. The maximum atomic E-state index is 13.0. The summed E-state index contributed by atoms with van der Waals surface area (Å²) in [6, 6.07) is -0.697. The Balaban J connectivity index is 4.47. The van der Waals surface area contributed by atoms with E-state index in [0.717, 1.165) is 70.6 Å². The molecule has 0 aliphatic carbocycles. The summed E-state index contributed by atoms with van der Waals surface area (Å²) in [7, 11) is 0. The smallest absolute Gasteiger partial charge is 0.306 e. The van der Waals surface area contributed by atoms with Gasteiger partial charge in [-0.3, -0.25) is 9.59 Å². The molecule has 3 unspecified atom stereocenters. The number of rotatable bonds is 38. The first kappa shape index (κ1) is 49.1. The molecule has 0 aromatic heterocycles. The maximum absolute atomic E-state index is 13.0. The van der Waals surface area contributed by atoms with E-state index in [2.05, 4.69) is 62.5 Å². The Morgan fingerprint density at radius 2 is 1.06 bits per heavy atom. The molecular weight excluding hydrogens is 634 g/mol. The van der Waals surface area contributed by atoms with Crippen LogP contribution in [0.5, 0.6) is 0 Å². The van der Waals surface area contributed by atoms with E-state index in [1.165, 1.54) is 96.3 Å². The van der Waals surface area contributed by atoms with Gasteiger partial charge < -0.3 is 20.3 Å². The zero-order valence-corrected chi connectivity index (χ0v) is 33.7. The first-order chi connectivity index (χ1) is 25.0. The van der Waals surface area contributed by atoms with Gasteiger partial charge in [0.1, 0.15) is 6.10 Å². The normalized spacial score (nSPS) is 13.7. The molecule has 0 fully saturated rings. The van der Waals surface area contributed by atoms with E-state index in [0.29, 0.717) is 19.3 Å². The van der Waals surface area contributed by atoms with Crippen molar-refractivity contribution < 1.29 is 24.5 Å². The van der Waals surface area contributed by atoms with E-state index in [1.54, 1.807) is 0 Å². The van der Waals surface area contributed by atoms with Gasteiger partial charge in [-0.1, -0.05) is 192 Å². The number of esters is 1. The Kier molecular flexibility index (Phi) is 37.8. The van der Waals surface area contributed by atoms with Crippen molar-refractivity contribution in [3.63, 3.8) is 0 Å². The molecule has 51 heavy (non-hydrogen) atoms. The van der Waals surface area contributed by atoms with Crippen LogP contribution in [0.25, 0.3) is 0 Å². The van der Waals surface area contributed by atoms with E-state index in [1.807, 2.05) is 0 Å². The molecule has 0 spiro atoms. The second kappa shape index (κ2) is 39.3. The number of unbranched alkanes of at least 4 members (excludes halogenated alkanes) is 22.